The number of fused-ring (bicyclic) bond motifs is 2. The fourth-order valence-corrected chi connectivity index (χ4v) is 9.09. The smallest absolute Gasteiger partial charge is 0.342 e. The largest absolute Gasteiger partial charge is 0.508 e. The maximum Gasteiger partial charge on any atom is 0.342 e. The number of phenols is 2. The van der Waals surface area contributed by atoms with E-state index in [0.29, 0.717) is 21.9 Å². The number of benzene rings is 6. The molecule has 0 aliphatic carbocycles. The van der Waals surface area contributed by atoms with E-state index >= 15 is 0 Å². The summed E-state index contributed by atoms with van der Waals surface area (Å²) in [6.45, 7) is 3.19. The van der Waals surface area contributed by atoms with E-state index in [1.807, 2.05) is 0 Å². The number of sulfonamides is 2. The van der Waals surface area contributed by atoms with Crippen molar-refractivity contribution in [2.75, 3.05) is 10.6 Å². The predicted octanol–water partition coefficient (Wildman–Crippen LogP) is 5.38. The quantitative estimate of drug-likeness (QED) is 0.0804. The van der Waals surface area contributed by atoms with Gasteiger partial charge in [0.25, 0.3) is 40.3 Å². The summed E-state index contributed by atoms with van der Waals surface area (Å²) in [4.78, 5) is 10.8. The first-order chi connectivity index (χ1) is 26.0. The van der Waals surface area contributed by atoms with Crippen molar-refractivity contribution < 1.29 is 57.8 Å². The molecule has 21 heteroatoms. The number of rotatable bonds is 10. The van der Waals surface area contributed by atoms with Crippen LogP contribution < -0.4 is 20.1 Å². The minimum Gasteiger partial charge on any atom is -0.508 e. The van der Waals surface area contributed by atoms with Crippen molar-refractivity contribution in [2.45, 2.75) is 33.4 Å². The Labute approximate surface area is 320 Å². The zero-order valence-corrected chi connectivity index (χ0v) is 32.1. The lowest BCUT2D eigenvalue weighted by Gasteiger charge is -2.15. The Kier molecular flexibility index (Phi) is 10.1. The number of amides is 2. The normalized spacial score (nSPS) is 12.4. The maximum atomic E-state index is 13.3. The van der Waals surface area contributed by atoms with Gasteiger partial charge in [-0.05, 0) is 109 Å². The van der Waals surface area contributed by atoms with Crippen LogP contribution in [0.5, 0.6) is 11.5 Å². The topological polar surface area (TPSA) is 283 Å². The molecule has 0 spiro atoms. The van der Waals surface area contributed by atoms with Crippen LogP contribution in [0.1, 0.15) is 11.1 Å². The molecule has 0 aliphatic rings. The molecule has 6 rings (SSSR count). The first-order valence-corrected chi connectivity index (χ1v) is 21.7. The molecule has 2 amide bonds. The second-order valence-corrected chi connectivity index (χ2v) is 18.6. The molecule has 0 saturated heterocycles. The van der Waals surface area contributed by atoms with Crippen LogP contribution in [-0.4, -0.2) is 59.0 Å². The average molecular weight is 843 g/mol. The van der Waals surface area contributed by atoms with Crippen molar-refractivity contribution in [3.63, 3.8) is 0 Å². The van der Waals surface area contributed by atoms with E-state index in [9.17, 15) is 57.8 Å². The number of nitrogens with one attached hydrogen (secondary N) is 4. The zero-order chi connectivity index (χ0) is 41.0. The first kappa shape index (κ1) is 39.7. The van der Waals surface area contributed by atoms with Crippen LogP contribution >= 0.6 is 0 Å². The van der Waals surface area contributed by atoms with Gasteiger partial charge in [-0.2, -0.15) is 16.8 Å². The number of urea groups is 1. The fourth-order valence-electron chi connectivity index (χ4n) is 5.69. The highest BCUT2D eigenvalue weighted by Gasteiger charge is 2.25. The molecule has 56 heavy (non-hydrogen) atoms. The molecule has 0 radical (unpaired) electrons. The van der Waals surface area contributed by atoms with E-state index in [-0.39, 0.29) is 45.0 Å². The molecule has 0 unspecified atom stereocenters. The molecule has 0 aliphatic heterocycles. The second kappa shape index (κ2) is 14.3. The second-order valence-electron chi connectivity index (χ2n) is 12.5. The molecule has 6 aromatic rings. The molecule has 0 bridgehead atoms. The third-order valence-electron chi connectivity index (χ3n) is 8.41. The van der Waals surface area contributed by atoms with Crippen LogP contribution in [0.4, 0.5) is 27.5 Å². The van der Waals surface area contributed by atoms with Gasteiger partial charge >= 0.3 is 6.03 Å². The van der Waals surface area contributed by atoms with Crippen molar-refractivity contribution in [1.29, 1.82) is 0 Å². The standard InChI is InChI=1S/C35H30N4O13S4/c1-19-3-9-27(17-31(19)36-23-11-21-5-7-25(40)15-29(21)33(13-23)55(47,48)49)53(43,44)38-35(42)39-54(45,46)28-10-4-20(2)32(18-28)37-24-12-22-6-8-26(41)16-30(22)34(14-24)56(50,51)52/h3-18,36-37,40-41H,1-2H3,(H2,38,39,42)(H,47,48,49)(H,50,51,52). The lowest BCUT2D eigenvalue weighted by molar-refractivity contribution is 0.250. The lowest BCUT2D eigenvalue weighted by Crippen LogP contribution is -2.42. The summed E-state index contributed by atoms with van der Waals surface area (Å²) in [5.41, 5.74) is 1.42. The molecule has 0 saturated carbocycles. The SMILES string of the molecule is Cc1ccc(S(=O)(=O)NC(=O)NS(=O)(=O)c2ccc(C)c(Nc3cc(S(=O)(=O)O)c4cc(O)ccc4c3)c2)cc1Nc1cc(S(=O)(=O)O)c2cc(O)ccc2c1. The van der Waals surface area contributed by atoms with Crippen molar-refractivity contribution >= 4 is 90.6 Å². The molecule has 6 aromatic carbocycles. The Morgan fingerprint density at radius 3 is 1.23 bits per heavy atom. The number of aromatic hydroxyl groups is 2. The summed E-state index contributed by atoms with van der Waals surface area (Å²) in [5, 5.41) is 26.1. The van der Waals surface area contributed by atoms with Crippen molar-refractivity contribution in [3.8, 4) is 11.5 Å². The zero-order valence-electron chi connectivity index (χ0n) is 28.8. The minimum atomic E-state index is -4.77. The average Bonchev–Trinajstić information content (AvgIpc) is 3.08. The van der Waals surface area contributed by atoms with Gasteiger partial charge in [0.1, 0.15) is 21.3 Å². The van der Waals surface area contributed by atoms with Gasteiger partial charge in [-0.3, -0.25) is 9.11 Å². The minimum absolute atomic E-state index is 0.0242. The molecule has 0 atom stereocenters. The van der Waals surface area contributed by atoms with E-state index in [1.165, 1.54) is 48.5 Å². The van der Waals surface area contributed by atoms with Crippen molar-refractivity contribution in [2.24, 2.45) is 0 Å². The maximum absolute atomic E-state index is 13.3. The van der Waals surface area contributed by atoms with E-state index in [2.05, 4.69) is 10.6 Å². The van der Waals surface area contributed by atoms with Gasteiger partial charge in [-0.15, -0.1) is 0 Å². The summed E-state index contributed by atoms with van der Waals surface area (Å²) in [6.07, 6.45) is 0. The number of hydrogen-bond donors (Lipinski definition) is 8. The van der Waals surface area contributed by atoms with Crippen LogP contribution in [0.25, 0.3) is 21.5 Å². The molecule has 17 nitrogen and oxygen atoms in total. The molecular weight excluding hydrogens is 813 g/mol. The number of hydrogen-bond acceptors (Lipinski definition) is 13. The van der Waals surface area contributed by atoms with E-state index in [4.69, 9.17) is 0 Å². The number of phenolic OH excluding ortho intramolecular Hbond substituents is 2. The first-order valence-electron chi connectivity index (χ1n) is 15.8. The van der Waals surface area contributed by atoms with Gasteiger partial charge in [0, 0.05) is 33.5 Å². The molecule has 8 N–H and O–H groups in total. The summed E-state index contributed by atoms with van der Waals surface area (Å²) >= 11 is 0. The summed E-state index contributed by atoms with van der Waals surface area (Å²) in [6, 6.07) is 18.4. The Morgan fingerprint density at radius 1 is 0.500 bits per heavy atom. The van der Waals surface area contributed by atoms with E-state index < -0.39 is 65.9 Å². The van der Waals surface area contributed by atoms with Gasteiger partial charge < -0.3 is 20.8 Å². The summed E-state index contributed by atoms with van der Waals surface area (Å²) < 4.78 is 125. The van der Waals surface area contributed by atoms with Gasteiger partial charge in [-0.1, -0.05) is 24.3 Å². The fraction of sp³-hybridized carbons (Fsp3) is 0.0571. The number of aryl methyl sites for hydroxylation is 2. The van der Waals surface area contributed by atoms with Crippen LogP contribution in [0.15, 0.2) is 117 Å². The van der Waals surface area contributed by atoms with E-state index in [0.717, 1.165) is 48.5 Å². The Balaban J connectivity index is 1.22. The Hall–Kier alpha value is -5.97. The van der Waals surface area contributed by atoms with Crippen molar-refractivity contribution in [3.05, 3.63) is 108 Å². The van der Waals surface area contributed by atoms with Gasteiger partial charge in [0.05, 0.1) is 9.79 Å². The number of carbonyl (C=O) groups is 1. The molecular formula is C35H30N4O13S4. The van der Waals surface area contributed by atoms with Crippen LogP contribution in [0.2, 0.25) is 0 Å². The third-order valence-corrected chi connectivity index (χ3v) is 12.9. The van der Waals surface area contributed by atoms with Crippen LogP contribution in [0, 0.1) is 13.8 Å². The van der Waals surface area contributed by atoms with Crippen molar-refractivity contribution in [1.82, 2.24) is 9.44 Å². The van der Waals surface area contributed by atoms with Gasteiger partial charge in [-0.25, -0.2) is 31.1 Å². The highest BCUT2D eigenvalue weighted by atomic mass is 32.2. The highest BCUT2D eigenvalue weighted by molar-refractivity contribution is 7.91. The molecule has 0 fully saturated rings. The monoisotopic (exact) mass is 842 g/mol. The van der Waals surface area contributed by atoms with Gasteiger partial charge in [0.2, 0.25) is 0 Å². The third kappa shape index (κ3) is 8.46. The lowest BCUT2D eigenvalue weighted by atomic mass is 10.1. The number of anilines is 4. The van der Waals surface area contributed by atoms with E-state index in [1.54, 1.807) is 23.3 Å². The summed E-state index contributed by atoms with van der Waals surface area (Å²) in [7, 11) is -19.0. The number of carbonyl (C=O) groups excluding carboxylic acids is 1. The van der Waals surface area contributed by atoms with Crippen LogP contribution in [-0.2, 0) is 40.3 Å². The Bertz CT molecular complexity index is 2880. The van der Waals surface area contributed by atoms with Crippen LogP contribution in [0.3, 0.4) is 0 Å². The molecule has 292 valence electrons. The molecule has 0 aromatic heterocycles. The van der Waals surface area contributed by atoms with Gasteiger partial charge in [0.15, 0.2) is 0 Å². The predicted molar refractivity (Wildman–Crippen MR) is 206 cm³/mol. The molecule has 0 heterocycles. The highest BCUT2D eigenvalue weighted by Crippen LogP contribution is 2.34. The summed E-state index contributed by atoms with van der Waals surface area (Å²) in [5.74, 6) is -0.497. The Morgan fingerprint density at radius 2 is 0.875 bits per heavy atom.